The highest BCUT2D eigenvalue weighted by Gasteiger charge is 2.12. The molecule has 0 aliphatic heterocycles. The number of benzene rings is 2. The molecule has 174 valence electrons. The second-order valence-electron chi connectivity index (χ2n) is 7.75. The van der Waals surface area contributed by atoms with Crippen molar-refractivity contribution in [2.75, 3.05) is 5.32 Å². The Balaban J connectivity index is 1.44. The van der Waals surface area contributed by atoms with E-state index in [1.165, 1.54) is 24.5 Å². The van der Waals surface area contributed by atoms with Crippen LogP contribution >= 0.6 is 0 Å². The number of primary amides is 1. The van der Waals surface area contributed by atoms with Crippen LogP contribution in [0.1, 0.15) is 17.4 Å². The number of carbonyl (C=O) groups excluding carboxylic acids is 1. The zero-order valence-corrected chi connectivity index (χ0v) is 18.8. The maximum atomic E-state index is 13.6. The predicted molar refractivity (Wildman–Crippen MR) is 131 cm³/mol. The Kier molecular flexibility index (Phi) is 5.80. The zero-order valence-electron chi connectivity index (χ0n) is 18.8. The van der Waals surface area contributed by atoms with Crippen molar-refractivity contribution in [2.24, 2.45) is 5.73 Å². The molecule has 5 aromatic rings. The summed E-state index contributed by atoms with van der Waals surface area (Å²) in [5.74, 6) is 0.530. The third kappa shape index (κ3) is 4.65. The predicted octanol–water partition coefficient (Wildman–Crippen LogP) is 5.29. The SMILES string of the molecule is CCn1c(Nc2cccc(-c3ccnc(F)c3)c2)nc2cc(Oc3ccnc(C(N)=O)c3)ccc21. The number of hydrogen-bond acceptors (Lipinski definition) is 6. The van der Waals surface area contributed by atoms with E-state index in [4.69, 9.17) is 15.5 Å². The van der Waals surface area contributed by atoms with Crippen molar-refractivity contribution in [2.45, 2.75) is 13.5 Å². The molecule has 1 amide bonds. The smallest absolute Gasteiger partial charge is 0.267 e. The lowest BCUT2D eigenvalue weighted by Crippen LogP contribution is -2.12. The van der Waals surface area contributed by atoms with Crippen LogP contribution < -0.4 is 15.8 Å². The van der Waals surface area contributed by atoms with Gasteiger partial charge in [-0.1, -0.05) is 12.1 Å². The number of halogens is 1. The lowest BCUT2D eigenvalue weighted by molar-refractivity contribution is 0.0995. The number of anilines is 2. The summed E-state index contributed by atoms with van der Waals surface area (Å²) in [6.07, 6.45) is 2.91. The van der Waals surface area contributed by atoms with Gasteiger partial charge in [0.2, 0.25) is 11.9 Å². The van der Waals surface area contributed by atoms with Crippen LogP contribution in [-0.4, -0.2) is 25.4 Å². The van der Waals surface area contributed by atoms with Crippen molar-refractivity contribution in [3.8, 4) is 22.6 Å². The molecule has 0 saturated carbocycles. The van der Waals surface area contributed by atoms with Gasteiger partial charge in [-0.3, -0.25) is 9.78 Å². The van der Waals surface area contributed by atoms with Gasteiger partial charge >= 0.3 is 0 Å². The number of rotatable bonds is 7. The van der Waals surface area contributed by atoms with E-state index < -0.39 is 11.9 Å². The summed E-state index contributed by atoms with van der Waals surface area (Å²) in [6, 6.07) is 19.6. The molecule has 9 heteroatoms. The molecule has 3 N–H and O–H groups in total. The third-order valence-corrected chi connectivity index (χ3v) is 5.43. The van der Waals surface area contributed by atoms with Gasteiger partial charge in [-0.25, -0.2) is 9.97 Å². The summed E-state index contributed by atoms with van der Waals surface area (Å²) in [4.78, 5) is 23.7. The number of aryl methyl sites for hydroxylation is 1. The minimum Gasteiger partial charge on any atom is -0.457 e. The number of fused-ring (bicyclic) bond motifs is 1. The molecule has 0 saturated heterocycles. The van der Waals surface area contributed by atoms with Crippen LogP contribution in [0.4, 0.5) is 16.0 Å². The fourth-order valence-electron chi connectivity index (χ4n) is 3.82. The molecule has 0 spiro atoms. The average Bonchev–Trinajstić information content (AvgIpc) is 3.20. The normalized spacial score (nSPS) is 10.9. The van der Waals surface area contributed by atoms with Crippen LogP contribution in [0, 0.1) is 5.95 Å². The third-order valence-electron chi connectivity index (χ3n) is 5.43. The standard InChI is InChI=1S/C26H21FN6O2/c1-2-33-23-7-6-19(35-20-9-11-29-22(15-20)25(28)34)14-21(23)32-26(33)31-18-5-3-4-16(12-18)17-8-10-30-24(27)13-17/h3-15H,2H2,1H3,(H2,28,34)(H,31,32). The number of ether oxygens (including phenoxy) is 1. The minimum atomic E-state index is -0.624. The molecule has 35 heavy (non-hydrogen) atoms. The number of nitrogens with zero attached hydrogens (tertiary/aromatic N) is 4. The Labute approximate surface area is 200 Å². The van der Waals surface area contributed by atoms with Crippen molar-refractivity contribution in [1.29, 1.82) is 0 Å². The van der Waals surface area contributed by atoms with Crippen molar-refractivity contribution in [3.63, 3.8) is 0 Å². The molecular weight excluding hydrogens is 447 g/mol. The maximum absolute atomic E-state index is 13.6. The highest BCUT2D eigenvalue weighted by Crippen LogP contribution is 2.30. The molecule has 8 nitrogen and oxygen atoms in total. The Morgan fingerprint density at radius 1 is 1.00 bits per heavy atom. The van der Waals surface area contributed by atoms with Gasteiger partial charge < -0.3 is 20.4 Å². The molecule has 0 aliphatic rings. The minimum absolute atomic E-state index is 0.127. The summed E-state index contributed by atoms with van der Waals surface area (Å²) in [7, 11) is 0. The van der Waals surface area contributed by atoms with Gasteiger partial charge in [0.1, 0.15) is 17.2 Å². The lowest BCUT2D eigenvalue weighted by Gasteiger charge is -2.10. The van der Waals surface area contributed by atoms with E-state index in [1.807, 2.05) is 49.4 Å². The summed E-state index contributed by atoms with van der Waals surface area (Å²) in [6.45, 7) is 2.73. The fourth-order valence-corrected chi connectivity index (χ4v) is 3.82. The molecule has 3 heterocycles. The van der Waals surface area contributed by atoms with Crippen LogP contribution in [0.2, 0.25) is 0 Å². The van der Waals surface area contributed by atoms with Gasteiger partial charge in [-0.2, -0.15) is 4.39 Å². The number of carbonyl (C=O) groups is 1. The lowest BCUT2D eigenvalue weighted by atomic mass is 10.1. The number of imidazole rings is 1. The van der Waals surface area contributed by atoms with E-state index in [2.05, 4.69) is 19.9 Å². The second-order valence-corrected chi connectivity index (χ2v) is 7.75. The van der Waals surface area contributed by atoms with Crippen LogP contribution in [0.3, 0.4) is 0 Å². The monoisotopic (exact) mass is 468 g/mol. The van der Waals surface area contributed by atoms with Crippen LogP contribution in [0.15, 0.2) is 79.1 Å². The molecule has 2 aromatic carbocycles. The van der Waals surface area contributed by atoms with E-state index in [0.717, 1.165) is 27.8 Å². The molecule has 0 radical (unpaired) electrons. The highest BCUT2D eigenvalue weighted by molar-refractivity contribution is 5.91. The van der Waals surface area contributed by atoms with Crippen molar-refractivity contribution >= 4 is 28.6 Å². The van der Waals surface area contributed by atoms with Gasteiger partial charge in [-0.05, 0) is 54.4 Å². The first-order chi connectivity index (χ1) is 17.0. The summed E-state index contributed by atoms with van der Waals surface area (Å²) in [5.41, 5.74) is 9.52. The summed E-state index contributed by atoms with van der Waals surface area (Å²) in [5, 5.41) is 3.37. The summed E-state index contributed by atoms with van der Waals surface area (Å²) >= 11 is 0. The zero-order chi connectivity index (χ0) is 24.4. The van der Waals surface area contributed by atoms with E-state index in [-0.39, 0.29) is 5.69 Å². The van der Waals surface area contributed by atoms with Crippen molar-refractivity contribution < 1.29 is 13.9 Å². The topological polar surface area (TPSA) is 108 Å². The van der Waals surface area contributed by atoms with Crippen LogP contribution in [-0.2, 0) is 6.54 Å². The van der Waals surface area contributed by atoms with Gasteiger partial charge in [0.25, 0.3) is 5.91 Å². The first-order valence-electron chi connectivity index (χ1n) is 10.9. The van der Waals surface area contributed by atoms with Crippen LogP contribution in [0.5, 0.6) is 11.5 Å². The van der Waals surface area contributed by atoms with Gasteiger partial charge in [0.05, 0.1) is 11.0 Å². The highest BCUT2D eigenvalue weighted by atomic mass is 19.1. The Morgan fingerprint density at radius 3 is 2.60 bits per heavy atom. The molecule has 5 rings (SSSR count). The second kappa shape index (κ2) is 9.22. The molecular formula is C26H21FN6O2. The number of aromatic nitrogens is 4. The molecule has 0 fully saturated rings. The maximum Gasteiger partial charge on any atom is 0.267 e. The first-order valence-corrected chi connectivity index (χ1v) is 10.9. The first kappa shape index (κ1) is 22.0. The van der Waals surface area contributed by atoms with Gasteiger partial charge in [0.15, 0.2) is 0 Å². The number of amides is 1. The molecule has 3 aromatic heterocycles. The molecule has 0 bridgehead atoms. The number of pyridine rings is 2. The molecule has 0 atom stereocenters. The van der Waals surface area contributed by atoms with Crippen molar-refractivity contribution in [1.82, 2.24) is 19.5 Å². The Bertz CT molecular complexity index is 1550. The largest absolute Gasteiger partial charge is 0.457 e. The van der Waals surface area contributed by atoms with Gasteiger partial charge in [0, 0.05) is 42.8 Å². The van der Waals surface area contributed by atoms with Crippen LogP contribution in [0.25, 0.3) is 22.2 Å². The van der Waals surface area contributed by atoms with Gasteiger partial charge in [-0.15, -0.1) is 0 Å². The number of hydrogen-bond donors (Lipinski definition) is 2. The van der Waals surface area contributed by atoms with Crippen molar-refractivity contribution in [3.05, 3.63) is 90.8 Å². The Morgan fingerprint density at radius 2 is 1.80 bits per heavy atom. The summed E-state index contributed by atoms with van der Waals surface area (Å²) < 4.78 is 21.5. The quantitative estimate of drug-likeness (QED) is 0.314. The van der Waals surface area contributed by atoms with E-state index >= 15 is 0 Å². The van der Waals surface area contributed by atoms with E-state index in [0.29, 0.717) is 24.0 Å². The number of nitrogens with two attached hydrogens (primary N) is 1. The van der Waals surface area contributed by atoms with E-state index in [1.54, 1.807) is 12.1 Å². The molecule has 0 aliphatic carbocycles. The molecule has 0 unspecified atom stereocenters. The Hall–Kier alpha value is -4.79. The van der Waals surface area contributed by atoms with E-state index in [9.17, 15) is 9.18 Å². The average molecular weight is 468 g/mol. The number of nitrogens with one attached hydrogen (secondary N) is 1. The fraction of sp³-hybridized carbons (Fsp3) is 0.0769.